The third-order valence-corrected chi connectivity index (χ3v) is 2.20. The van der Waals surface area contributed by atoms with Gasteiger partial charge in [0.15, 0.2) is 5.78 Å². The molecule has 0 atom stereocenters. The van der Waals surface area contributed by atoms with Gasteiger partial charge in [-0.2, -0.15) is 8.78 Å². The maximum absolute atomic E-state index is 13.4. The number of halogens is 2. The quantitative estimate of drug-likeness (QED) is 0.344. The molecule has 8 heteroatoms. The Kier molecular flexibility index (Phi) is 4.07. The number of rotatable bonds is 5. The number of primary amides is 1. The Morgan fingerprint density at radius 1 is 1.31 bits per heavy atom. The number of hydrogen-bond acceptors (Lipinski definition) is 4. The summed E-state index contributed by atoms with van der Waals surface area (Å²) in [7, 11) is 0. The number of alkyl halides is 2. The number of carbonyl (C=O) groups is 3. The Hall–Kier alpha value is -1.57. The van der Waals surface area contributed by atoms with E-state index in [-0.39, 0.29) is 0 Å². The number of hydrogen-bond donors (Lipinski definition) is 3. The van der Waals surface area contributed by atoms with Crippen LogP contribution in [-0.2, 0) is 14.4 Å². The van der Waals surface area contributed by atoms with Crippen molar-refractivity contribution in [2.75, 3.05) is 0 Å². The summed E-state index contributed by atoms with van der Waals surface area (Å²) in [5.41, 5.74) is 3.01. The van der Waals surface area contributed by atoms with E-state index in [1.54, 1.807) is 0 Å². The van der Waals surface area contributed by atoms with Gasteiger partial charge in [-0.1, -0.05) is 0 Å². The summed E-state index contributed by atoms with van der Waals surface area (Å²) >= 11 is 0. The van der Waals surface area contributed by atoms with Crippen LogP contribution in [0, 0.1) is 5.41 Å². The zero-order valence-electron chi connectivity index (χ0n) is 8.71. The molecule has 0 aliphatic rings. The van der Waals surface area contributed by atoms with E-state index in [0.29, 0.717) is 0 Å². The summed E-state index contributed by atoms with van der Waals surface area (Å²) in [6, 6.07) is 0. The molecule has 0 unspecified atom stereocenters. The third-order valence-electron chi connectivity index (χ3n) is 2.20. The maximum Gasteiger partial charge on any atom is 0.338 e. The Bertz CT molecular complexity index is 328. The van der Waals surface area contributed by atoms with Gasteiger partial charge in [-0.15, -0.1) is 0 Å². The van der Waals surface area contributed by atoms with Crippen molar-refractivity contribution < 1.29 is 28.4 Å². The lowest BCUT2D eigenvalue weighted by molar-refractivity contribution is -0.178. The van der Waals surface area contributed by atoms with E-state index in [9.17, 15) is 23.2 Å². The van der Waals surface area contributed by atoms with Gasteiger partial charge >= 0.3 is 11.8 Å². The number of amides is 2. The minimum atomic E-state index is -4.14. The SMILES string of the molecule is CC(C)(C(=O)CC(N)=O)C(F)(F)C(=O)NO. The second-order valence-corrected chi connectivity index (χ2v) is 3.71. The second kappa shape index (κ2) is 4.52. The molecular formula is C8H12F2N2O4. The lowest BCUT2D eigenvalue weighted by atomic mass is 9.79. The smallest absolute Gasteiger partial charge is 0.338 e. The van der Waals surface area contributed by atoms with Crippen LogP contribution in [0.2, 0.25) is 0 Å². The molecule has 0 radical (unpaired) electrons. The molecule has 0 heterocycles. The summed E-state index contributed by atoms with van der Waals surface area (Å²) < 4.78 is 26.7. The van der Waals surface area contributed by atoms with E-state index in [0.717, 1.165) is 19.3 Å². The van der Waals surface area contributed by atoms with Gasteiger partial charge in [-0.05, 0) is 13.8 Å². The Morgan fingerprint density at radius 2 is 1.75 bits per heavy atom. The van der Waals surface area contributed by atoms with Gasteiger partial charge < -0.3 is 5.73 Å². The van der Waals surface area contributed by atoms with Crippen molar-refractivity contribution in [1.82, 2.24) is 5.48 Å². The summed E-state index contributed by atoms with van der Waals surface area (Å²) in [6.45, 7) is 1.57. The molecule has 0 aromatic carbocycles. The zero-order valence-corrected chi connectivity index (χ0v) is 8.71. The molecule has 6 nitrogen and oxygen atoms in total. The molecule has 0 saturated heterocycles. The van der Waals surface area contributed by atoms with Crippen molar-refractivity contribution in [3.8, 4) is 0 Å². The molecule has 0 aromatic rings. The molecule has 0 bridgehead atoms. The van der Waals surface area contributed by atoms with Crippen LogP contribution in [-0.4, -0.2) is 28.7 Å². The highest BCUT2D eigenvalue weighted by Crippen LogP contribution is 2.38. The van der Waals surface area contributed by atoms with Crippen molar-refractivity contribution in [3.63, 3.8) is 0 Å². The Balaban J connectivity index is 5.10. The highest BCUT2D eigenvalue weighted by Gasteiger charge is 2.57. The summed E-state index contributed by atoms with van der Waals surface area (Å²) in [4.78, 5) is 32.4. The minimum absolute atomic E-state index is 0.762. The number of Topliss-reactive ketones (excluding diaryl/α,β-unsaturated/α-hetero) is 1. The minimum Gasteiger partial charge on any atom is -0.369 e. The van der Waals surface area contributed by atoms with E-state index in [4.69, 9.17) is 5.21 Å². The van der Waals surface area contributed by atoms with Crippen LogP contribution < -0.4 is 11.2 Å². The molecule has 16 heavy (non-hydrogen) atoms. The fourth-order valence-corrected chi connectivity index (χ4v) is 0.908. The number of ketones is 1. The van der Waals surface area contributed by atoms with Gasteiger partial charge in [0.05, 0.1) is 11.8 Å². The van der Waals surface area contributed by atoms with Crippen LogP contribution in [0.4, 0.5) is 8.78 Å². The summed E-state index contributed by atoms with van der Waals surface area (Å²) in [5, 5.41) is 8.11. The molecule has 4 N–H and O–H groups in total. The fourth-order valence-electron chi connectivity index (χ4n) is 0.908. The topological polar surface area (TPSA) is 109 Å². The van der Waals surface area contributed by atoms with Crippen molar-refractivity contribution in [3.05, 3.63) is 0 Å². The monoisotopic (exact) mass is 238 g/mol. The number of nitrogens with two attached hydrogens (primary N) is 1. The van der Waals surface area contributed by atoms with Crippen molar-refractivity contribution in [2.24, 2.45) is 11.1 Å². The molecule has 2 amide bonds. The molecule has 0 spiro atoms. The van der Waals surface area contributed by atoms with Crippen LogP contribution in [0.5, 0.6) is 0 Å². The third kappa shape index (κ3) is 2.51. The van der Waals surface area contributed by atoms with Gasteiger partial charge in [-0.25, -0.2) is 5.48 Å². The van der Waals surface area contributed by atoms with Gasteiger partial charge in [0.2, 0.25) is 5.91 Å². The average molecular weight is 238 g/mol. The van der Waals surface area contributed by atoms with Crippen LogP contribution in [0.1, 0.15) is 20.3 Å². The number of carbonyl (C=O) groups excluding carboxylic acids is 3. The number of nitrogens with one attached hydrogen (secondary N) is 1. The predicted molar refractivity (Wildman–Crippen MR) is 47.5 cm³/mol. The molecule has 92 valence electrons. The van der Waals surface area contributed by atoms with E-state index in [1.807, 2.05) is 0 Å². The molecule has 0 saturated carbocycles. The molecule has 0 fully saturated rings. The van der Waals surface area contributed by atoms with Gasteiger partial charge in [-0.3, -0.25) is 19.6 Å². The average Bonchev–Trinajstić information content (AvgIpc) is 2.14. The highest BCUT2D eigenvalue weighted by molar-refractivity contribution is 6.03. The van der Waals surface area contributed by atoms with Gasteiger partial charge in [0, 0.05) is 0 Å². The molecule has 0 rings (SSSR count). The van der Waals surface area contributed by atoms with Crippen molar-refractivity contribution in [2.45, 2.75) is 26.2 Å². The summed E-state index contributed by atoms with van der Waals surface area (Å²) in [5.74, 6) is -8.42. The standard InChI is InChI=1S/C8H12F2N2O4/c1-7(2,4(13)3-5(11)14)8(9,10)6(15)12-16/h16H,3H2,1-2H3,(H2,11,14)(H,12,15). The fraction of sp³-hybridized carbons (Fsp3) is 0.625. The molecule has 0 aliphatic heterocycles. The van der Waals surface area contributed by atoms with E-state index < -0.39 is 35.4 Å². The van der Waals surface area contributed by atoms with Crippen LogP contribution >= 0.6 is 0 Å². The zero-order chi connectivity index (χ0) is 13.1. The first-order valence-electron chi connectivity index (χ1n) is 4.21. The largest absolute Gasteiger partial charge is 0.369 e. The maximum atomic E-state index is 13.4. The lowest BCUT2D eigenvalue weighted by Gasteiger charge is -2.30. The van der Waals surface area contributed by atoms with E-state index in [2.05, 4.69) is 5.73 Å². The van der Waals surface area contributed by atoms with Crippen LogP contribution in [0.25, 0.3) is 0 Å². The van der Waals surface area contributed by atoms with Gasteiger partial charge in [0.1, 0.15) is 0 Å². The van der Waals surface area contributed by atoms with E-state index >= 15 is 0 Å². The highest BCUT2D eigenvalue weighted by atomic mass is 19.3. The van der Waals surface area contributed by atoms with Crippen LogP contribution in [0.3, 0.4) is 0 Å². The summed E-state index contributed by atoms with van der Waals surface area (Å²) in [6.07, 6.45) is -0.901. The molecule has 0 aromatic heterocycles. The first-order chi connectivity index (χ1) is 7.07. The van der Waals surface area contributed by atoms with E-state index in [1.165, 1.54) is 0 Å². The number of hydroxylamine groups is 1. The van der Waals surface area contributed by atoms with Crippen molar-refractivity contribution >= 4 is 17.6 Å². The Labute approximate surface area is 89.7 Å². The second-order valence-electron chi connectivity index (χ2n) is 3.71. The molecular weight excluding hydrogens is 226 g/mol. The predicted octanol–water partition coefficient (Wildman–Crippen LogP) is -0.402. The van der Waals surface area contributed by atoms with Gasteiger partial charge in [0.25, 0.3) is 0 Å². The lowest BCUT2D eigenvalue weighted by Crippen LogP contribution is -2.53. The normalized spacial score (nSPS) is 12.1. The Morgan fingerprint density at radius 3 is 2.06 bits per heavy atom. The van der Waals surface area contributed by atoms with Crippen LogP contribution in [0.15, 0.2) is 0 Å². The van der Waals surface area contributed by atoms with Crippen molar-refractivity contribution in [1.29, 1.82) is 0 Å². The molecule has 0 aliphatic carbocycles. The first-order valence-corrected chi connectivity index (χ1v) is 4.21. The first kappa shape index (κ1) is 14.4.